The number of aromatic amines is 1. The maximum Gasteiger partial charge on any atom is 0.0524 e. The van der Waals surface area contributed by atoms with E-state index in [-0.39, 0.29) is 0 Å². The highest BCUT2D eigenvalue weighted by molar-refractivity contribution is 5.22. The van der Waals surface area contributed by atoms with Gasteiger partial charge in [-0.15, -0.1) is 0 Å². The fourth-order valence-corrected chi connectivity index (χ4v) is 3.45. The Morgan fingerprint density at radius 1 is 1.12 bits per heavy atom. The molecule has 94 valence electrons. The van der Waals surface area contributed by atoms with Gasteiger partial charge in [0.05, 0.1) is 6.20 Å². The summed E-state index contributed by atoms with van der Waals surface area (Å²) in [7, 11) is 0. The highest BCUT2D eigenvalue weighted by Crippen LogP contribution is 2.36. The molecule has 2 heterocycles. The van der Waals surface area contributed by atoms with Crippen LogP contribution in [0.2, 0.25) is 0 Å². The average Bonchev–Trinajstić information content (AvgIpc) is 3.00. The molecule has 0 aromatic carbocycles. The molecule has 3 heteroatoms. The molecule has 3 rings (SSSR count). The van der Waals surface area contributed by atoms with E-state index in [9.17, 15) is 0 Å². The van der Waals surface area contributed by atoms with Crippen molar-refractivity contribution in [1.82, 2.24) is 15.5 Å². The zero-order valence-electron chi connectivity index (χ0n) is 10.5. The van der Waals surface area contributed by atoms with E-state index in [1.54, 1.807) is 0 Å². The van der Waals surface area contributed by atoms with E-state index >= 15 is 0 Å². The average molecular weight is 233 g/mol. The van der Waals surface area contributed by atoms with Crippen molar-refractivity contribution in [1.29, 1.82) is 0 Å². The standard InChI is InChI=1S/C14H23N3/c1-2-4-12(3-1)13-10-16-17-14(13)9-11-5-7-15-8-6-11/h10-12,15H,1-9H2,(H,16,17). The van der Waals surface area contributed by atoms with E-state index in [1.807, 2.05) is 0 Å². The second-order valence-corrected chi connectivity index (χ2v) is 5.68. The van der Waals surface area contributed by atoms with E-state index in [0.29, 0.717) is 0 Å². The molecule has 0 radical (unpaired) electrons. The summed E-state index contributed by atoms with van der Waals surface area (Å²) in [5.41, 5.74) is 2.96. The fourth-order valence-electron chi connectivity index (χ4n) is 3.45. The lowest BCUT2D eigenvalue weighted by molar-refractivity contribution is 0.369. The van der Waals surface area contributed by atoms with Crippen LogP contribution in [0.4, 0.5) is 0 Å². The van der Waals surface area contributed by atoms with Gasteiger partial charge in [-0.1, -0.05) is 12.8 Å². The first kappa shape index (κ1) is 11.3. The number of aromatic nitrogens is 2. The topological polar surface area (TPSA) is 40.7 Å². The summed E-state index contributed by atoms with van der Waals surface area (Å²) in [5, 5.41) is 11.0. The van der Waals surface area contributed by atoms with Crippen LogP contribution in [0.15, 0.2) is 6.20 Å². The zero-order chi connectivity index (χ0) is 11.5. The van der Waals surface area contributed by atoms with Crippen molar-refractivity contribution in [3.05, 3.63) is 17.5 Å². The van der Waals surface area contributed by atoms with Gasteiger partial charge < -0.3 is 5.32 Å². The van der Waals surface area contributed by atoms with Crippen LogP contribution >= 0.6 is 0 Å². The van der Waals surface area contributed by atoms with Crippen LogP contribution in [0.1, 0.15) is 55.7 Å². The predicted molar refractivity (Wildman–Crippen MR) is 69.1 cm³/mol. The number of hydrogen-bond acceptors (Lipinski definition) is 2. The molecule has 3 nitrogen and oxygen atoms in total. The van der Waals surface area contributed by atoms with Crippen LogP contribution in [-0.4, -0.2) is 23.3 Å². The van der Waals surface area contributed by atoms with Crippen LogP contribution in [0.5, 0.6) is 0 Å². The minimum atomic E-state index is 0.797. The summed E-state index contributed by atoms with van der Waals surface area (Å²) in [4.78, 5) is 0. The number of nitrogens with zero attached hydrogens (tertiary/aromatic N) is 1. The predicted octanol–water partition coefficient (Wildman–Crippen LogP) is 2.61. The Morgan fingerprint density at radius 3 is 2.65 bits per heavy atom. The minimum absolute atomic E-state index is 0.797. The smallest absolute Gasteiger partial charge is 0.0524 e. The molecular formula is C14H23N3. The monoisotopic (exact) mass is 233 g/mol. The first-order valence-corrected chi connectivity index (χ1v) is 7.16. The molecule has 0 bridgehead atoms. The van der Waals surface area contributed by atoms with Crippen molar-refractivity contribution in [2.45, 2.75) is 50.9 Å². The van der Waals surface area contributed by atoms with Gasteiger partial charge >= 0.3 is 0 Å². The molecule has 17 heavy (non-hydrogen) atoms. The Kier molecular flexibility index (Phi) is 3.46. The van der Waals surface area contributed by atoms with Gasteiger partial charge in [0, 0.05) is 5.69 Å². The number of piperidine rings is 1. The van der Waals surface area contributed by atoms with Crippen molar-refractivity contribution in [3.63, 3.8) is 0 Å². The Bertz CT molecular complexity index is 346. The lowest BCUT2D eigenvalue weighted by Crippen LogP contribution is -2.28. The van der Waals surface area contributed by atoms with Crippen molar-refractivity contribution in [2.75, 3.05) is 13.1 Å². The molecule has 2 fully saturated rings. The number of rotatable bonds is 3. The zero-order valence-corrected chi connectivity index (χ0v) is 10.5. The summed E-state index contributed by atoms with van der Waals surface area (Å²) in [6.45, 7) is 2.38. The largest absolute Gasteiger partial charge is 0.317 e. The Labute approximate surface area is 103 Å². The van der Waals surface area contributed by atoms with E-state index in [0.717, 1.165) is 11.8 Å². The number of hydrogen-bond donors (Lipinski definition) is 2. The molecule has 1 saturated heterocycles. The highest BCUT2D eigenvalue weighted by Gasteiger charge is 2.23. The molecule has 2 N–H and O–H groups in total. The second-order valence-electron chi connectivity index (χ2n) is 5.68. The number of nitrogens with one attached hydrogen (secondary N) is 2. The summed E-state index contributed by atoms with van der Waals surface area (Å²) < 4.78 is 0. The highest BCUT2D eigenvalue weighted by atomic mass is 15.1. The van der Waals surface area contributed by atoms with Crippen molar-refractivity contribution in [2.24, 2.45) is 5.92 Å². The van der Waals surface area contributed by atoms with Gasteiger partial charge in [-0.25, -0.2) is 0 Å². The second kappa shape index (κ2) is 5.21. The molecule has 1 saturated carbocycles. The third-order valence-electron chi connectivity index (χ3n) is 4.50. The molecule has 0 spiro atoms. The van der Waals surface area contributed by atoms with E-state index in [4.69, 9.17) is 0 Å². The quantitative estimate of drug-likeness (QED) is 0.842. The molecule has 1 aromatic heterocycles. The van der Waals surface area contributed by atoms with Gasteiger partial charge in [0.2, 0.25) is 0 Å². The van der Waals surface area contributed by atoms with Gasteiger partial charge in [-0.2, -0.15) is 5.10 Å². The Hall–Kier alpha value is -0.830. The summed E-state index contributed by atoms with van der Waals surface area (Å²) >= 11 is 0. The maximum atomic E-state index is 4.29. The van der Waals surface area contributed by atoms with Crippen molar-refractivity contribution >= 4 is 0 Å². The molecule has 1 aliphatic heterocycles. The van der Waals surface area contributed by atoms with Gasteiger partial charge in [-0.05, 0) is 62.6 Å². The van der Waals surface area contributed by atoms with Crippen molar-refractivity contribution < 1.29 is 0 Å². The van der Waals surface area contributed by atoms with Crippen molar-refractivity contribution in [3.8, 4) is 0 Å². The first-order valence-electron chi connectivity index (χ1n) is 7.16. The first-order chi connectivity index (χ1) is 8.43. The van der Waals surface area contributed by atoms with Crippen LogP contribution in [0.3, 0.4) is 0 Å². The van der Waals surface area contributed by atoms with Crippen LogP contribution in [0.25, 0.3) is 0 Å². The molecular weight excluding hydrogens is 210 g/mol. The van der Waals surface area contributed by atoms with Gasteiger partial charge in [0.1, 0.15) is 0 Å². The third kappa shape index (κ3) is 2.54. The molecule has 2 aliphatic rings. The van der Waals surface area contributed by atoms with Crippen LogP contribution < -0.4 is 5.32 Å². The van der Waals surface area contributed by atoms with E-state index < -0.39 is 0 Å². The molecule has 0 atom stereocenters. The molecule has 0 unspecified atom stereocenters. The van der Waals surface area contributed by atoms with E-state index in [1.165, 1.54) is 69.3 Å². The van der Waals surface area contributed by atoms with Gasteiger partial charge in [-0.3, -0.25) is 5.10 Å². The normalized spacial score (nSPS) is 23.3. The lowest BCUT2D eigenvalue weighted by Gasteiger charge is -2.22. The molecule has 0 amide bonds. The Balaban J connectivity index is 1.67. The minimum Gasteiger partial charge on any atom is -0.317 e. The molecule has 1 aliphatic carbocycles. The molecule has 1 aromatic rings. The summed E-state index contributed by atoms with van der Waals surface area (Å²) in [6, 6.07) is 0. The maximum absolute atomic E-state index is 4.29. The fraction of sp³-hybridized carbons (Fsp3) is 0.786. The van der Waals surface area contributed by atoms with Gasteiger partial charge in [0.15, 0.2) is 0 Å². The Morgan fingerprint density at radius 2 is 1.88 bits per heavy atom. The summed E-state index contributed by atoms with van der Waals surface area (Å²) in [6.07, 6.45) is 11.5. The third-order valence-corrected chi connectivity index (χ3v) is 4.50. The summed E-state index contributed by atoms with van der Waals surface area (Å²) in [5.74, 6) is 1.65. The van der Waals surface area contributed by atoms with Crippen LogP contribution in [-0.2, 0) is 6.42 Å². The van der Waals surface area contributed by atoms with E-state index in [2.05, 4.69) is 21.7 Å². The number of H-pyrrole nitrogens is 1. The lowest BCUT2D eigenvalue weighted by atomic mass is 9.89. The SMILES string of the molecule is c1n[nH]c(CC2CCNCC2)c1C1CCCC1. The van der Waals surface area contributed by atoms with Crippen LogP contribution in [0, 0.1) is 5.92 Å². The van der Waals surface area contributed by atoms with Gasteiger partial charge in [0.25, 0.3) is 0 Å².